The van der Waals surface area contributed by atoms with Crippen LogP contribution in [-0.4, -0.2) is 11.0 Å². The van der Waals surface area contributed by atoms with Gasteiger partial charge < -0.3 is 4.98 Å². The fourth-order valence-electron chi connectivity index (χ4n) is 1.66. The Labute approximate surface area is 82.1 Å². The molecular weight excluding hydrogens is 176 g/mol. The second-order valence-corrected chi connectivity index (χ2v) is 3.52. The molecule has 0 fully saturated rings. The second-order valence-electron chi connectivity index (χ2n) is 3.52. The SMILES string of the molecule is CC(Cc1c[nH]c2ccccc12)N=O. The first-order valence-corrected chi connectivity index (χ1v) is 4.68. The van der Waals surface area contributed by atoms with E-state index in [1.165, 1.54) is 5.39 Å². The maximum absolute atomic E-state index is 10.3. The van der Waals surface area contributed by atoms with Crippen molar-refractivity contribution < 1.29 is 0 Å². The number of H-pyrrole nitrogens is 1. The van der Waals surface area contributed by atoms with Crippen LogP contribution in [-0.2, 0) is 6.42 Å². The third-order valence-electron chi connectivity index (χ3n) is 2.37. The highest BCUT2D eigenvalue weighted by Gasteiger charge is 2.07. The van der Waals surface area contributed by atoms with Gasteiger partial charge in [-0.15, -0.1) is 0 Å². The zero-order valence-electron chi connectivity index (χ0n) is 8.03. The van der Waals surface area contributed by atoms with Gasteiger partial charge in [-0.3, -0.25) is 0 Å². The summed E-state index contributed by atoms with van der Waals surface area (Å²) in [6, 6.07) is 7.91. The summed E-state index contributed by atoms with van der Waals surface area (Å²) < 4.78 is 0. The van der Waals surface area contributed by atoms with Crippen molar-refractivity contribution in [2.24, 2.45) is 5.18 Å². The van der Waals surface area contributed by atoms with Crippen LogP contribution in [0.4, 0.5) is 0 Å². The van der Waals surface area contributed by atoms with Crippen molar-refractivity contribution >= 4 is 10.9 Å². The van der Waals surface area contributed by atoms with E-state index in [-0.39, 0.29) is 6.04 Å². The molecule has 0 saturated carbocycles. The number of aromatic nitrogens is 1. The van der Waals surface area contributed by atoms with E-state index in [4.69, 9.17) is 0 Å². The second kappa shape index (κ2) is 3.62. The molecule has 0 aliphatic carbocycles. The summed E-state index contributed by atoms with van der Waals surface area (Å²) in [4.78, 5) is 13.5. The summed E-state index contributed by atoms with van der Waals surface area (Å²) in [6.07, 6.45) is 2.65. The van der Waals surface area contributed by atoms with Gasteiger partial charge in [0.15, 0.2) is 0 Å². The van der Waals surface area contributed by atoms with Crippen LogP contribution in [0.2, 0.25) is 0 Å². The number of benzene rings is 1. The van der Waals surface area contributed by atoms with E-state index in [0.717, 1.165) is 11.1 Å². The van der Waals surface area contributed by atoms with Crippen LogP contribution in [0.1, 0.15) is 12.5 Å². The lowest BCUT2D eigenvalue weighted by molar-refractivity contribution is 0.737. The van der Waals surface area contributed by atoms with Crippen LogP contribution in [0.3, 0.4) is 0 Å². The van der Waals surface area contributed by atoms with Crippen LogP contribution in [0.15, 0.2) is 35.6 Å². The summed E-state index contributed by atoms with van der Waals surface area (Å²) in [6.45, 7) is 1.83. The zero-order chi connectivity index (χ0) is 9.97. The first-order valence-electron chi connectivity index (χ1n) is 4.68. The maximum Gasteiger partial charge on any atom is 0.0932 e. The van der Waals surface area contributed by atoms with E-state index in [2.05, 4.69) is 16.2 Å². The smallest absolute Gasteiger partial charge is 0.0932 e. The molecule has 1 heterocycles. The summed E-state index contributed by atoms with van der Waals surface area (Å²) >= 11 is 0. The predicted octanol–water partition coefficient (Wildman–Crippen LogP) is 2.87. The number of nitrogens with one attached hydrogen (secondary N) is 1. The van der Waals surface area contributed by atoms with E-state index in [1.54, 1.807) is 0 Å². The fourth-order valence-corrected chi connectivity index (χ4v) is 1.66. The minimum absolute atomic E-state index is 0.158. The summed E-state index contributed by atoms with van der Waals surface area (Å²) in [5.41, 5.74) is 2.27. The van der Waals surface area contributed by atoms with Crippen LogP contribution in [0, 0.1) is 4.91 Å². The van der Waals surface area contributed by atoms with Crippen molar-refractivity contribution in [1.29, 1.82) is 0 Å². The van der Waals surface area contributed by atoms with E-state index < -0.39 is 0 Å². The molecule has 0 radical (unpaired) electrons. The predicted molar refractivity (Wildman–Crippen MR) is 57.3 cm³/mol. The molecule has 3 nitrogen and oxygen atoms in total. The Morgan fingerprint density at radius 3 is 3.00 bits per heavy atom. The number of aromatic amines is 1. The molecule has 0 amide bonds. The van der Waals surface area contributed by atoms with Gasteiger partial charge in [-0.1, -0.05) is 23.4 Å². The highest BCUT2D eigenvalue weighted by molar-refractivity contribution is 5.83. The van der Waals surface area contributed by atoms with Crippen LogP contribution in [0.5, 0.6) is 0 Å². The molecule has 0 bridgehead atoms. The molecule has 2 rings (SSSR count). The van der Waals surface area contributed by atoms with E-state index >= 15 is 0 Å². The zero-order valence-corrected chi connectivity index (χ0v) is 8.03. The Kier molecular flexibility index (Phi) is 2.31. The van der Waals surface area contributed by atoms with Crippen LogP contribution < -0.4 is 0 Å². The van der Waals surface area contributed by atoms with E-state index in [0.29, 0.717) is 6.42 Å². The lowest BCUT2D eigenvalue weighted by atomic mass is 10.1. The number of rotatable bonds is 3. The molecule has 1 aromatic carbocycles. The Morgan fingerprint density at radius 1 is 1.43 bits per heavy atom. The minimum atomic E-state index is -0.158. The topological polar surface area (TPSA) is 45.2 Å². The molecule has 0 aliphatic heterocycles. The van der Waals surface area contributed by atoms with E-state index in [9.17, 15) is 4.91 Å². The number of hydrogen-bond acceptors (Lipinski definition) is 2. The molecule has 1 aromatic heterocycles. The van der Waals surface area contributed by atoms with E-state index in [1.807, 2.05) is 31.3 Å². The quantitative estimate of drug-likeness (QED) is 0.739. The largest absolute Gasteiger partial charge is 0.361 e. The van der Waals surface area contributed by atoms with Crippen molar-refractivity contribution in [1.82, 2.24) is 4.98 Å². The van der Waals surface area contributed by atoms with Crippen LogP contribution in [0.25, 0.3) is 10.9 Å². The number of fused-ring (bicyclic) bond motifs is 1. The maximum atomic E-state index is 10.3. The summed E-state index contributed by atoms with van der Waals surface area (Å²) in [5.74, 6) is 0. The van der Waals surface area contributed by atoms with Crippen molar-refractivity contribution in [3.05, 3.63) is 40.9 Å². The fraction of sp³-hybridized carbons (Fsp3) is 0.273. The number of nitroso groups, excluding NO2 is 1. The summed E-state index contributed by atoms with van der Waals surface area (Å²) in [5, 5.41) is 4.19. The van der Waals surface area contributed by atoms with Crippen LogP contribution >= 0.6 is 0 Å². The van der Waals surface area contributed by atoms with Crippen molar-refractivity contribution in [2.75, 3.05) is 0 Å². The average Bonchev–Trinajstić information content (AvgIpc) is 2.62. The molecule has 1 N–H and O–H groups in total. The Balaban J connectivity index is 2.38. The van der Waals surface area contributed by atoms with Gasteiger partial charge in [0.25, 0.3) is 0 Å². The Morgan fingerprint density at radius 2 is 2.21 bits per heavy atom. The number of nitrogens with zero attached hydrogens (tertiary/aromatic N) is 1. The average molecular weight is 188 g/mol. The third-order valence-corrected chi connectivity index (χ3v) is 2.37. The molecule has 3 heteroatoms. The van der Waals surface area contributed by atoms with Gasteiger partial charge in [-0.25, -0.2) is 0 Å². The van der Waals surface area contributed by atoms with Gasteiger partial charge in [-0.05, 0) is 18.6 Å². The first kappa shape index (κ1) is 8.94. The summed E-state index contributed by atoms with van der Waals surface area (Å²) in [7, 11) is 0. The Hall–Kier alpha value is -1.64. The lowest BCUT2D eigenvalue weighted by Gasteiger charge is -2.00. The number of para-hydroxylation sites is 1. The molecule has 2 aromatic rings. The highest BCUT2D eigenvalue weighted by atomic mass is 16.3. The molecule has 1 unspecified atom stereocenters. The highest BCUT2D eigenvalue weighted by Crippen LogP contribution is 2.19. The standard InChI is InChI=1S/C11H12N2O/c1-8(13-14)6-9-7-12-11-5-3-2-4-10(9)11/h2-5,7-8,12H,6H2,1H3. The Bertz CT molecular complexity index is 447. The van der Waals surface area contributed by atoms with Crippen molar-refractivity contribution in [3.63, 3.8) is 0 Å². The first-order chi connectivity index (χ1) is 6.81. The molecule has 0 spiro atoms. The van der Waals surface area contributed by atoms with Gasteiger partial charge in [0.2, 0.25) is 0 Å². The van der Waals surface area contributed by atoms with Gasteiger partial charge in [0.05, 0.1) is 6.04 Å². The number of hydrogen-bond donors (Lipinski definition) is 1. The lowest BCUT2D eigenvalue weighted by Crippen LogP contribution is -2.00. The molecule has 0 saturated heterocycles. The van der Waals surface area contributed by atoms with Crippen molar-refractivity contribution in [2.45, 2.75) is 19.4 Å². The normalized spacial score (nSPS) is 12.9. The molecule has 72 valence electrons. The molecule has 14 heavy (non-hydrogen) atoms. The molecule has 1 atom stereocenters. The van der Waals surface area contributed by atoms with Gasteiger partial charge in [0.1, 0.15) is 0 Å². The molecular formula is C11H12N2O. The third kappa shape index (κ3) is 1.53. The minimum Gasteiger partial charge on any atom is -0.361 e. The van der Waals surface area contributed by atoms with Gasteiger partial charge >= 0.3 is 0 Å². The van der Waals surface area contributed by atoms with Gasteiger partial charge in [-0.2, -0.15) is 4.91 Å². The van der Waals surface area contributed by atoms with Gasteiger partial charge in [0, 0.05) is 23.5 Å². The monoisotopic (exact) mass is 188 g/mol. The molecule has 0 aliphatic rings. The van der Waals surface area contributed by atoms with Crippen molar-refractivity contribution in [3.8, 4) is 0 Å².